The number of methoxy groups -OCH3 is 1. The second-order valence-electron chi connectivity index (χ2n) is 14.5. The van der Waals surface area contributed by atoms with Crippen molar-refractivity contribution < 1.29 is 39.5 Å². The number of rotatable bonds is 9. The Hall–Kier alpha value is -1.82. The maximum Gasteiger partial charge on any atom is 0.305 e. The number of benzene rings is 1. The average Bonchev–Trinajstić information content (AvgIpc) is 3.30. The van der Waals surface area contributed by atoms with Crippen LogP contribution in [-0.2, 0) is 42.9 Å². The molecular formula is C33H48O9S2. The summed E-state index contributed by atoms with van der Waals surface area (Å²) in [4.78, 5) is 26.2. The van der Waals surface area contributed by atoms with Crippen molar-refractivity contribution in [3.05, 3.63) is 29.8 Å². The van der Waals surface area contributed by atoms with E-state index in [4.69, 9.17) is 13.1 Å². The van der Waals surface area contributed by atoms with Crippen LogP contribution in [0.1, 0.15) is 84.1 Å². The molecule has 0 saturated heterocycles. The number of carbonyl (C=O) groups is 2. The zero-order chi connectivity index (χ0) is 32.2. The van der Waals surface area contributed by atoms with Crippen molar-refractivity contribution in [3.8, 4) is 0 Å². The highest BCUT2D eigenvalue weighted by Gasteiger charge is 2.66. The molecule has 4 aliphatic carbocycles. The first-order valence-corrected chi connectivity index (χ1v) is 19.2. The maximum absolute atomic E-state index is 14.2. The van der Waals surface area contributed by atoms with Gasteiger partial charge in [0.25, 0.3) is 20.2 Å². The molecule has 5 rings (SSSR count). The van der Waals surface area contributed by atoms with Crippen molar-refractivity contribution >= 4 is 32.0 Å². The fourth-order valence-electron chi connectivity index (χ4n) is 9.82. The second-order valence-corrected chi connectivity index (χ2v) is 17.7. The third-order valence-corrected chi connectivity index (χ3v) is 14.1. The van der Waals surface area contributed by atoms with Crippen LogP contribution in [0.2, 0.25) is 0 Å². The Morgan fingerprint density at radius 1 is 1.00 bits per heavy atom. The molecule has 0 aromatic heterocycles. The molecule has 44 heavy (non-hydrogen) atoms. The summed E-state index contributed by atoms with van der Waals surface area (Å²) in [5, 5.41) is 0. The smallest absolute Gasteiger partial charge is 0.305 e. The number of Topliss-reactive ketones (excluding diaryl/α,β-unsaturated/α-hetero) is 1. The Labute approximate surface area is 263 Å². The highest BCUT2D eigenvalue weighted by atomic mass is 32.2. The number of ketones is 1. The summed E-state index contributed by atoms with van der Waals surface area (Å²) in [6.07, 6.45) is 5.05. The average molecular weight is 653 g/mol. The number of carbonyl (C=O) groups excluding carboxylic acids is 2. The Morgan fingerprint density at radius 2 is 1.68 bits per heavy atom. The van der Waals surface area contributed by atoms with E-state index in [9.17, 15) is 26.4 Å². The fraction of sp³-hybridized carbons (Fsp3) is 0.758. The normalized spacial score (nSPS) is 37.9. The van der Waals surface area contributed by atoms with Gasteiger partial charge in [-0.25, -0.2) is 0 Å². The van der Waals surface area contributed by atoms with E-state index < -0.39 is 37.9 Å². The van der Waals surface area contributed by atoms with Crippen LogP contribution in [0.25, 0.3) is 0 Å². The molecule has 4 saturated carbocycles. The van der Waals surface area contributed by atoms with Crippen LogP contribution in [0.15, 0.2) is 29.2 Å². The monoisotopic (exact) mass is 652 g/mol. The number of ether oxygens (including phenoxy) is 1. The van der Waals surface area contributed by atoms with Gasteiger partial charge in [-0.05, 0) is 105 Å². The highest BCUT2D eigenvalue weighted by Crippen LogP contribution is 2.68. The lowest BCUT2D eigenvalue weighted by molar-refractivity contribution is -0.176. The van der Waals surface area contributed by atoms with E-state index in [0.29, 0.717) is 44.9 Å². The molecule has 0 unspecified atom stereocenters. The van der Waals surface area contributed by atoms with Gasteiger partial charge in [-0.15, -0.1) is 0 Å². The molecule has 246 valence electrons. The molecule has 0 N–H and O–H groups in total. The first-order valence-electron chi connectivity index (χ1n) is 16.0. The lowest BCUT2D eigenvalue weighted by Crippen LogP contribution is -2.62. The molecule has 0 bridgehead atoms. The third-order valence-electron chi connectivity index (χ3n) is 12.1. The van der Waals surface area contributed by atoms with E-state index in [1.165, 1.54) is 7.11 Å². The molecule has 0 aliphatic heterocycles. The van der Waals surface area contributed by atoms with Crippen LogP contribution in [-0.4, -0.2) is 54.2 Å². The number of hydrogen-bond acceptors (Lipinski definition) is 9. The molecule has 11 heteroatoms. The third kappa shape index (κ3) is 6.15. The summed E-state index contributed by atoms with van der Waals surface area (Å²) in [5.41, 5.74) is 0.0520. The van der Waals surface area contributed by atoms with E-state index in [1.807, 2.05) is 6.92 Å². The highest BCUT2D eigenvalue weighted by molar-refractivity contribution is 7.86. The van der Waals surface area contributed by atoms with Gasteiger partial charge in [0.15, 0.2) is 0 Å². The van der Waals surface area contributed by atoms with Crippen LogP contribution >= 0.6 is 0 Å². The van der Waals surface area contributed by atoms with E-state index in [1.54, 1.807) is 24.3 Å². The van der Waals surface area contributed by atoms with E-state index in [0.717, 1.165) is 24.7 Å². The maximum atomic E-state index is 14.2. The topological polar surface area (TPSA) is 130 Å². The number of aryl methyl sites for hydroxylation is 1. The van der Waals surface area contributed by atoms with Crippen molar-refractivity contribution in [2.24, 2.45) is 46.3 Å². The number of esters is 1. The van der Waals surface area contributed by atoms with Crippen molar-refractivity contribution in [1.29, 1.82) is 0 Å². The van der Waals surface area contributed by atoms with Crippen molar-refractivity contribution in [1.82, 2.24) is 0 Å². The number of hydrogen-bond donors (Lipinski definition) is 0. The largest absolute Gasteiger partial charge is 0.469 e. The predicted octanol–water partition coefficient (Wildman–Crippen LogP) is 5.45. The summed E-state index contributed by atoms with van der Waals surface area (Å²) in [7, 11) is -6.37. The van der Waals surface area contributed by atoms with Gasteiger partial charge in [0.1, 0.15) is 5.78 Å². The molecule has 4 fully saturated rings. The zero-order valence-electron chi connectivity index (χ0n) is 26.8. The minimum atomic E-state index is -3.97. The lowest BCUT2D eigenvalue weighted by atomic mass is 9.43. The molecule has 1 aromatic carbocycles. The predicted molar refractivity (Wildman–Crippen MR) is 164 cm³/mol. The van der Waals surface area contributed by atoms with Gasteiger partial charge in [-0.2, -0.15) is 16.8 Å². The Morgan fingerprint density at radius 3 is 2.32 bits per heavy atom. The van der Waals surface area contributed by atoms with Crippen LogP contribution in [0, 0.1) is 53.3 Å². The van der Waals surface area contributed by atoms with E-state index in [-0.39, 0.29) is 57.6 Å². The summed E-state index contributed by atoms with van der Waals surface area (Å²) in [6, 6.07) is 6.58. The minimum Gasteiger partial charge on any atom is -0.469 e. The Kier molecular flexibility index (Phi) is 9.21. The van der Waals surface area contributed by atoms with Gasteiger partial charge in [-0.3, -0.25) is 18.0 Å². The lowest BCUT2D eigenvalue weighted by Gasteiger charge is -2.62. The van der Waals surface area contributed by atoms with Crippen LogP contribution < -0.4 is 0 Å². The van der Waals surface area contributed by atoms with Gasteiger partial charge in [0.2, 0.25) is 0 Å². The number of fused-ring (bicyclic) bond motifs is 5. The molecule has 1 aromatic rings. The second kappa shape index (κ2) is 12.1. The SMILES string of the molecule is COC(=O)CC[C@@H](C)[C@H]1CC[C@H]2[C@@H]3[C@H](OS(C)(=O)=O)C[C@@H]4C[C@H](OS(=O)(=O)c5ccc(C)cc5)CC[C@]4(C)[C@H]3CC(=O)[C@]12C. The standard InChI is InChI=1S/C33H48O9S2/c1-20-7-10-24(11-8-20)44(38,39)41-23-15-16-32(3)22(17-23)18-28(42-43(6,36)37)31-26-13-12-25(21(2)9-14-30(35)40-5)33(26,4)29(34)19-27(31)32/h7-8,10-11,21-23,25-28,31H,9,12-19H2,1-6H3/t21-,22+,23-,25-,26+,27+,28-,31+,32+,33-/m1/s1. The van der Waals surface area contributed by atoms with E-state index in [2.05, 4.69) is 20.8 Å². The van der Waals surface area contributed by atoms with Gasteiger partial charge < -0.3 is 4.74 Å². The van der Waals surface area contributed by atoms with Crippen molar-refractivity contribution in [2.45, 2.75) is 103 Å². The first-order chi connectivity index (χ1) is 20.5. The summed E-state index contributed by atoms with van der Waals surface area (Å²) in [5.74, 6) is -0.0877. The van der Waals surface area contributed by atoms with Gasteiger partial charge in [0.05, 0.1) is 30.5 Å². The Balaban J connectivity index is 1.41. The van der Waals surface area contributed by atoms with Gasteiger partial charge >= 0.3 is 5.97 Å². The quantitative estimate of drug-likeness (QED) is 0.252. The van der Waals surface area contributed by atoms with Gasteiger partial charge in [0, 0.05) is 18.3 Å². The fourth-order valence-corrected chi connectivity index (χ4v) is 11.6. The molecule has 0 amide bonds. The molecule has 4 aliphatic rings. The van der Waals surface area contributed by atoms with Gasteiger partial charge in [-0.1, -0.05) is 38.5 Å². The zero-order valence-corrected chi connectivity index (χ0v) is 28.4. The minimum absolute atomic E-state index is 0.0280. The Bertz CT molecular complexity index is 1470. The van der Waals surface area contributed by atoms with Crippen LogP contribution in [0.4, 0.5) is 0 Å². The molecule has 0 radical (unpaired) electrons. The summed E-state index contributed by atoms with van der Waals surface area (Å²) in [6.45, 7) is 8.27. The molecular weight excluding hydrogens is 604 g/mol. The first kappa shape index (κ1) is 33.5. The van der Waals surface area contributed by atoms with Crippen LogP contribution in [0.5, 0.6) is 0 Å². The molecule has 0 spiro atoms. The van der Waals surface area contributed by atoms with Crippen molar-refractivity contribution in [2.75, 3.05) is 13.4 Å². The van der Waals surface area contributed by atoms with E-state index >= 15 is 0 Å². The molecule has 9 nitrogen and oxygen atoms in total. The summed E-state index contributed by atoms with van der Waals surface area (Å²) < 4.78 is 67.9. The molecule has 10 atom stereocenters. The van der Waals surface area contributed by atoms with Crippen molar-refractivity contribution in [3.63, 3.8) is 0 Å². The van der Waals surface area contributed by atoms with Crippen LogP contribution in [0.3, 0.4) is 0 Å². The molecule has 0 heterocycles. The summed E-state index contributed by atoms with van der Waals surface area (Å²) >= 11 is 0.